The summed E-state index contributed by atoms with van der Waals surface area (Å²) in [6, 6.07) is 2.42. The highest BCUT2D eigenvalue weighted by atomic mass is 16.2. The van der Waals surface area contributed by atoms with Crippen molar-refractivity contribution in [1.82, 2.24) is 10.6 Å². The maximum atomic E-state index is 11.5. The van der Waals surface area contributed by atoms with Gasteiger partial charge in [0.15, 0.2) is 0 Å². The summed E-state index contributed by atoms with van der Waals surface area (Å²) in [4.78, 5) is 11.5. The third-order valence-electron chi connectivity index (χ3n) is 2.98. The minimum Gasteiger partial charge on any atom is -0.342 e. The largest absolute Gasteiger partial charge is 0.342 e. The zero-order valence-electron chi connectivity index (χ0n) is 7.42. The van der Waals surface area contributed by atoms with E-state index >= 15 is 0 Å². The molecule has 0 aromatic rings. The summed E-state index contributed by atoms with van der Waals surface area (Å²) in [5, 5.41) is 14.2. The van der Waals surface area contributed by atoms with Crippen LogP contribution in [-0.4, -0.2) is 24.5 Å². The summed E-state index contributed by atoms with van der Waals surface area (Å²) in [6.45, 7) is 0.119. The van der Waals surface area contributed by atoms with Crippen LogP contribution in [0.4, 0.5) is 0 Å². The molecule has 2 N–H and O–H groups in total. The maximum absolute atomic E-state index is 11.5. The Labute approximate surface area is 77.3 Å². The van der Waals surface area contributed by atoms with Crippen molar-refractivity contribution in [2.45, 2.75) is 31.3 Å². The Hall–Kier alpha value is -1.08. The summed E-state index contributed by atoms with van der Waals surface area (Å²) in [7, 11) is 0. The number of hydrogen-bond donors (Lipinski definition) is 2. The summed E-state index contributed by atoms with van der Waals surface area (Å²) < 4.78 is 0. The van der Waals surface area contributed by atoms with E-state index in [-0.39, 0.29) is 18.5 Å². The molecule has 3 atom stereocenters. The van der Waals surface area contributed by atoms with Crippen molar-refractivity contribution in [3.8, 4) is 6.07 Å². The Bertz CT molecular complexity index is 258. The van der Waals surface area contributed by atoms with Crippen molar-refractivity contribution in [1.29, 1.82) is 5.26 Å². The van der Waals surface area contributed by atoms with E-state index in [1.54, 1.807) is 0 Å². The number of nitrogens with zero attached hydrogens (tertiary/aromatic N) is 1. The second-order valence-electron chi connectivity index (χ2n) is 3.79. The Balaban J connectivity index is 1.88. The van der Waals surface area contributed by atoms with Crippen molar-refractivity contribution in [3.05, 3.63) is 0 Å². The number of fused-ring (bicyclic) bond motifs is 2. The van der Waals surface area contributed by atoms with E-state index in [1.165, 1.54) is 6.42 Å². The van der Waals surface area contributed by atoms with Crippen LogP contribution in [0.25, 0.3) is 0 Å². The van der Waals surface area contributed by atoms with Gasteiger partial charge in [0, 0.05) is 6.04 Å². The van der Waals surface area contributed by atoms with E-state index in [9.17, 15) is 4.79 Å². The van der Waals surface area contributed by atoms with Crippen LogP contribution in [0.2, 0.25) is 0 Å². The quantitative estimate of drug-likeness (QED) is 0.575. The third-order valence-corrected chi connectivity index (χ3v) is 2.98. The lowest BCUT2D eigenvalue weighted by atomic mass is 9.99. The predicted octanol–water partition coefficient (Wildman–Crippen LogP) is -0.233. The molecular formula is C9H13N3O. The van der Waals surface area contributed by atoms with Gasteiger partial charge in [0.1, 0.15) is 6.54 Å². The van der Waals surface area contributed by atoms with Gasteiger partial charge in [0.2, 0.25) is 5.91 Å². The average Bonchev–Trinajstić information content (AvgIpc) is 2.74. The molecule has 2 rings (SSSR count). The van der Waals surface area contributed by atoms with Gasteiger partial charge in [-0.25, -0.2) is 0 Å². The molecule has 2 aliphatic rings. The lowest BCUT2D eigenvalue weighted by molar-refractivity contribution is -0.123. The summed E-state index contributed by atoms with van der Waals surface area (Å²) in [6.07, 6.45) is 3.49. The van der Waals surface area contributed by atoms with Crippen LogP contribution in [-0.2, 0) is 4.79 Å². The molecule has 0 aromatic heterocycles. The zero-order valence-corrected chi connectivity index (χ0v) is 7.42. The fourth-order valence-corrected chi connectivity index (χ4v) is 2.39. The molecule has 2 fully saturated rings. The standard InChI is InChI=1S/C9H13N3O/c10-3-4-11-9(13)8-6-1-2-7(5-6)12-8/h6-8,12H,1-2,4-5H2,(H,11,13)/t6?,7-,8?/m1/s1. The first-order valence-corrected chi connectivity index (χ1v) is 4.72. The zero-order chi connectivity index (χ0) is 9.26. The van der Waals surface area contributed by atoms with Gasteiger partial charge >= 0.3 is 0 Å². The summed E-state index contributed by atoms with van der Waals surface area (Å²) in [5.74, 6) is 0.498. The Morgan fingerprint density at radius 3 is 3.00 bits per heavy atom. The smallest absolute Gasteiger partial charge is 0.238 e. The van der Waals surface area contributed by atoms with Gasteiger partial charge in [-0.1, -0.05) is 0 Å². The highest BCUT2D eigenvalue weighted by Crippen LogP contribution is 2.35. The number of nitrogens with one attached hydrogen (secondary N) is 2. The Morgan fingerprint density at radius 2 is 2.46 bits per heavy atom. The van der Waals surface area contributed by atoms with E-state index in [2.05, 4.69) is 10.6 Å². The number of piperidine rings is 1. The molecule has 1 amide bonds. The third kappa shape index (κ3) is 1.52. The van der Waals surface area contributed by atoms with Crippen LogP contribution in [0.1, 0.15) is 19.3 Å². The van der Waals surface area contributed by atoms with E-state index < -0.39 is 0 Å². The second kappa shape index (κ2) is 3.35. The molecule has 1 heterocycles. The first-order chi connectivity index (χ1) is 6.31. The fraction of sp³-hybridized carbons (Fsp3) is 0.778. The maximum Gasteiger partial charge on any atom is 0.238 e. The van der Waals surface area contributed by atoms with Crippen molar-refractivity contribution in [2.75, 3.05) is 6.54 Å². The number of rotatable bonds is 2. The molecule has 0 aromatic carbocycles. The molecule has 4 heteroatoms. The van der Waals surface area contributed by atoms with Gasteiger partial charge in [-0.2, -0.15) is 5.26 Å². The molecule has 0 radical (unpaired) electrons. The van der Waals surface area contributed by atoms with Gasteiger partial charge < -0.3 is 10.6 Å². The van der Waals surface area contributed by atoms with Crippen LogP contribution in [0.3, 0.4) is 0 Å². The molecular weight excluding hydrogens is 166 g/mol. The van der Waals surface area contributed by atoms with Gasteiger partial charge in [-0.3, -0.25) is 4.79 Å². The van der Waals surface area contributed by atoms with E-state index in [0.29, 0.717) is 12.0 Å². The lowest BCUT2D eigenvalue weighted by Crippen LogP contribution is -2.47. The molecule has 1 aliphatic heterocycles. The second-order valence-corrected chi connectivity index (χ2v) is 3.79. The van der Waals surface area contributed by atoms with Crippen LogP contribution >= 0.6 is 0 Å². The van der Waals surface area contributed by atoms with Crippen molar-refractivity contribution in [2.24, 2.45) is 5.92 Å². The first-order valence-electron chi connectivity index (χ1n) is 4.72. The van der Waals surface area contributed by atoms with Crippen LogP contribution in [0.15, 0.2) is 0 Å². The molecule has 2 unspecified atom stereocenters. The molecule has 13 heavy (non-hydrogen) atoms. The number of carbonyl (C=O) groups is 1. The minimum atomic E-state index is -0.0351. The van der Waals surface area contributed by atoms with Gasteiger partial charge in [-0.15, -0.1) is 0 Å². The highest BCUT2D eigenvalue weighted by Gasteiger charge is 2.42. The Morgan fingerprint density at radius 1 is 1.62 bits per heavy atom. The first kappa shape index (κ1) is 8.52. The fourth-order valence-electron chi connectivity index (χ4n) is 2.39. The van der Waals surface area contributed by atoms with Crippen LogP contribution < -0.4 is 10.6 Å². The topological polar surface area (TPSA) is 64.9 Å². The predicted molar refractivity (Wildman–Crippen MR) is 46.7 cm³/mol. The van der Waals surface area contributed by atoms with Gasteiger partial charge in [-0.05, 0) is 25.2 Å². The molecule has 0 spiro atoms. The number of hydrogen-bond acceptors (Lipinski definition) is 3. The van der Waals surface area contributed by atoms with Crippen molar-refractivity contribution in [3.63, 3.8) is 0 Å². The molecule has 4 nitrogen and oxygen atoms in total. The minimum absolute atomic E-state index is 0.00579. The van der Waals surface area contributed by atoms with Gasteiger partial charge in [0.05, 0.1) is 12.1 Å². The summed E-state index contributed by atoms with van der Waals surface area (Å²) in [5.41, 5.74) is 0. The number of amides is 1. The van der Waals surface area contributed by atoms with E-state index in [1.807, 2.05) is 6.07 Å². The SMILES string of the molecule is N#CCNC(=O)C1N[C@@H]2CCC1C2. The molecule has 70 valence electrons. The van der Waals surface area contributed by atoms with Crippen molar-refractivity contribution < 1.29 is 4.79 Å². The molecule has 1 saturated carbocycles. The number of nitriles is 1. The van der Waals surface area contributed by atoms with E-state index in [4.69, 9.17) is 5.26 Å². The normalized spacial score (nSPS) is 35.8. The summed E-state index contributed by atoms with van der Waals surface area (Å²) >= 11 is 0. The molecule has 1 aliphatic carbocycles. The van der Waals surface area contributed by atoms with E-state index in [0.717, 1.165) is 12.8 Å². The lowest BCUT2D eigenvalue weighted by Gasteiger charge is -2.21. The van der Waals surface area contributed by atoms with Gasteiger partial charge in [0.25, 0.3) is 0 Å². The molecule has 2 bridgehead atoms. The molecule has 1 saturated heterocycles. The van der Waals surface area contributed by atoms with Crippen LogP contribution in [0.5, 0.6) is 0 Å². The monoisotopic (exact) mass is 179 g/mol. The van der Waals surface area contributed by atoms with Crippen LogP contribution in [0, 0.1) is 17.2 Å². The average molecular weight is 179 g/mol. The number of carbonyl (C=O) groups excluding carboxylic acids is 1. The van der Waals surface area contributed by atoms with Crippen molar-refractivity contribution >= 4 is 5.91 Å². The highest BCUT2D eigenvalue weighted by molar-refractivity contribution is 5.82. The Kier molecular flexibility index (Phi) is 2.19.